The Kier molecular flexibility index (Phi) is 20.9. The van der Waals surface area contributed by atoms with E-state index in [1.54, 1.807) is 0 Å². The van der Waals surface area contributed by atoms with Gasteiger partial charge in [-0.1, -0.05) is 78.1 Å². The van der Waals surface area contributed by atoms with Crippen molar-refractivity contribution in [3.63, 3.8) is 0 Å². The Morgan fingerprint density at radius 3 is 1.92 bits per heavy atom. The van der Waals surface area contributed by atoms with Crippen molar-refractivity contribution in [3.05, 3.63) is 0 Å². The number of unbranched alkanes of at least 4 members (excludes halogenated alkanes) is 10. The molecule has 1 fully saturated rings. The van der Waals surface area contributed by atoms with E-state index in [1.807, 2.05) is 0 Å². The maximum absolute atomic E-state index is 10.3. The topological polar surface area (TPSA) is 109 Å². The number of nitrogens with zero attached hydrogens (tertiary/aromatic N) is 1. The molecule has 0 radical (unpaired) electrons. The highest BCUT2D eigenvalue weighted by Gasteiger charge is 2.44. The minimum Gasteiger partial charge on any atom is -1.00 e. The molecule has 0 aliphatic carbocycles. The molecule has 218 valence electrons. The monoisotopic (exact) mass is 541 g/mol. The van der Waals surface area contributed by atoms with Crippen LogP contribution in [0.2, 0.25) is 0 Å². The quantitative estimate of drug-likeness (QED) is 0.119. The molecule has 0 amide bonds. The lowest BCUT2D eigenvalue weighted by Gasteiger charge is -2.40. The van der Waals surface area contributed by atoms with Crippen molar-refractivity contribution >= 4 is 0 Å². The van der Waals surface area contributed by atoms with Crippen LogP contribution in [0, 0.1) is 0 Å². The summed E-state index contributed by atoms with van der Waals surface area (Å²) in [7, 11) is 4.17. The fraction of sp³-hybridized carbons (Fsp3) is 1.00. The van der Waals surface area contributed by atoms with E-state index in [4.69, 9.17) is 14.2 Å². The maximum Gasteiger partial charge on any atom is 0.186 e. The molecule has 8 nitrogen and oxygen atoms in total. The van der Waals surface area contributed by atoms with Crippen molar-refractivity contribution in [1.29, 1.82) is 0 Å². The van der Waals surface area contributed by atoms with Crippen molar-refractivity contribution in [2.75, 3.05) is 47.0 Å². The second-order valence-corrected chi connectivity index (χ2v) is 11.0. The normalized spacial score (nSPS) is 25.5. The molecule has 1 unspecified atom stereocenters. The molecule has 0 bridgehead atoms. The van der Waals surface area contributed by atoms with Gasteiger partial charge in [-0.15, -0.1) is 0 Å². The molecular formula is C27H56ClNO7. The summed E-state index contributed by atoms with van der Waals surface area (Å²) in [5, 5.41) is 41.1. The molecule has 0 aromatic heterocycles. The van der Waals surface area contributed by atoms with Crippen LogP contribution in [-0.4, -0.2) is 109 Å². The number of likely N-dealkylation sites (N-methyl/N-ethyl adjacent to an activating group) is 1. The summed E-state index contributed by atoms with van der Waals surface area (Å²) in [6.07, 6.45) is 7.99. The van der Waals surface area contributed by atoms with Crippen LogP contribution in [0.5, 0.6) is 0 Å². The van der Waals surface area contributed by atoms with Crippen LogP contribution in [0.3, 0.4) is 0 Å². The summed E-state index contributed by atoms with van der Waals surface area (Å²) in [4.78, 5) is 0. The summed E-state index contributed by atoms with van der Waals surface area (Å²) in [5.41, 5.74) is 0. The van der Waals surface area contributed by atoms with Gasteiger partial charge in [-0.25, -0.2) is 0 Å². The molecule has 9 heteroatoms. The van der Waals surface area contributed by atoms with Gasteiger partial charge in [0.1, 0.15) is 37.1 Å². The Bertz CT molecular complexity index is 515. The average molecular weight is 542 g/mol. The van der Waals surface area contributed by atoms with Crippen molar-refractivity contribution in [1.82, 2.24) is 0 Å². The number of halogens is 1. The molecule has 6 atom stereocenters. The molecule has 0 aromatic rings. The third kappa shape index (κ3) is 15.4. The van der Waals surface area contributed by atoms with Crippen LogP contribution < -0.4 is 12.4 Å². The zero-order valence-electron chi connectivity index (χ0n) is 23.3. The Morgan fingerprint density at radius 2 is 1.33 bits per heavy atom. The summed E-state index contributed by atoms with van der Waals surface area (Å²) in [5.74, 6) is 0. The fourth-order valence-corrected chi connectivity index (χ4v) is 4.60. The smallest absolute Gasteiger partial charge is 0.186 e. The van der Waals surface area contributed by atoms with E-state index < -0.39 is 36.8 Å². The van der Waals surface area contributed by atoms with Gasteiger partial charge in [0.15, 0.2) is 6.29 Å². The van der Waals surface area contributed by atoms with Gasteiger partial charge >= 0.3 is 0 Å². The summed E-state index contributed by atoms with van der Waals surface area (Å²) < 4.78 is 17.7. The molecule has 0 saturated carbocycles. The van der Waals surface area contributed by atoms with Gasteiger partial charge in [-0.05, 0) is 12.8 Å². The standard InChI is InChI=1S/C27H56NO7.ClH/c1-5-7-9-10-11-12-13-14-15-16-18-34-27-26(32)25(31)24(30)23(35-27)21-33-20-22(29)19-28(3,4)17-8-6-2;/h22-27,29-32H,5-21H2,1-4H3;1H/q+1;/p-1/t22?,23-,24-,25+,26-,27-;/m1./s1. The molecule has 36 heavy (non-hydrogen) atoms. The Hall–Kier alpha value is -0.0300. The number of aliphatic hydroxyl groups excluding tert-OH is 4. The number of hydrogen-bond donors (Lipinski definition) is 4. The predicted octanol–water partition coefficient (Wildman–Crippen LogP) is -0.0105. The van der Waals surface area contributed by atoms with Crippen LogP contribution in [0.15, 0.2) is 0 Å². The molecule has 4 N–H and O–H groups in total. The SMILES string of the molecule is CCCCCCCCCCCCO[C@@H]1O[C@H](COCC(O)C[N+](C)(C)CCCC)[C@@H](O)[C@H](O)[C@H]1O.[Cl-]. The van der Waals surface area contributed by atoms with Crippen LogP contribution in [-0.2, 0) is 14.2 Å². The van der Waals surface area contributed by atoms with Gasteiger partial charge in [0, 0.05) is 6.61 Å². The first-order valence-electron chi connectivity index (χ1n) is 14.1. The second kappa shape index (κ2) is 20.9. The number of rotatable bonds is 21. The average Bonchev–Trinajstić information content (AvgIpc) is 2.81. The highest BCUT2D eigenvalue weighted by molar-refractivity contribution is 4.89. The van der Waals surface area contributed by atoms with E-state index >= 15 is 0 Å². The highest BCUT2D eigenvalue weighted by atomic mass is 35.5. The van der Waals surface area contributed by atoms with Crippen molar-refractivity contribution < 1.29 is 51.5 Å². The van der Waals surface area contributed by atoms with Gasteiger partial charge in [0.2, 0.25) is 0 Å². The van der Waals surface area contributed by atoms with E-state index in [0.29, 0.717) is 17.6 Å². The zero-order valence-corrected chi connectivity index (χ0v) is 24.1. The summed E-state index contributed by atoms with van der Waals surface area (Å²) in [6, 6.07) is 0. The Labute approximate surface area is 226 Å². The first-order chi connectivity index (χ1) is 16.7. The second-order valence-electron chi connectivity index (χ2n) is 11.0. The Balaban J connectivity index is 0.0000122. The van der Waals surface area contributed by atoms with Crippen LogP contribution in [0.25, 0.3) is 0 Å². The third-order valence-corrected chi connectivity index (χ3v) is 6.86. The van der Waals surface area contributed by atoms with Crippen molar-refractivity contribution in [2.45, 2.75) is 128 Å². The largest absolute Gasteiger partial charge is 1.00 e. The number of aliphatic hydroxyl groups is 4. The lowest BCUT2D eigenvalue weighted by Crippen LogP contribution is -3.00. The highest BCUT2D eigenvalue weighted by Crippen LogP contribution is 2.23. The number of hydrogen-bond acceptors (Lipinski definition) is 7. The molecule has 1 rings (SSSR count). The fourth-order valence-electron chi connectivity index (χ4n) is 4.60. The summed E-state index contributed by atoms with van der Waals surface area (Å²) >= 11 is 0. The van der Waals surface area contributed by atoms with E-state index in [1.165, 1.54) is 51.4 Å². The lowest BCUT2D eigenvalue weighted by atomic mass is 9.99. The molecule has 0 spiro atoms. The van der Waals surface area contributed by atoms with E-state index in [0.717, 1.165) is 32.2 Å². The number of ether oxygens (including phenoxy) is 3. The molecule has 0 aromatic carbocycles. The van der Waals surface area contributed by atoms with Gasteiger partial charge in [-0.3, -0.25) is 0 Å². The first-order valence-corrected chi connectivity index (χ1v) is 14.1. The van der Waals surface area contributed by atoms with Gasteiger partial charge in [0.05, 0.1) is 33.9 Å². The van der Waals surface area contributed by atoms with Gasteiger partial charge in [-0.2, -0.15) is 0 Å². The first kappa shape index (κ1) is 36.0. The molecule has 1 aliphatic rings. The third-order valence-electron chi connectivity index (χ3n) is 6.86. The summed E-state index contributed by atoms with van der Waals surface area (Å²) in [6.45, 7) is 6.48. The van der Waals surface area contributed by atoms with Crippen molar-refractivity contribution in [3.8, 4) is 0 Å². The minimum atomic E-state index is -1.37. The van der Waals surface area contributed by atoms with Crippen LogP contribution in [0.1, 0.15) is 90.9 Å². The van der Waals surface area contributed by atoms with E-state index in [9.17, 15) is 20.4 Å². The molecule has 1 heterocycles. The van der Waals surface area contributed by atoms with E-state index in [2.05, 4.69) is 27.9 Å². The predicted molar refractivity (Wildman–Crippen MR) is 138 cm³/mol. The van der Waals surface area contributed by atoms with Crippen molar-refractivity contribution in [2.24, 2.45) is 0 Å². The van der Waals surface area contributed by atoms with E-state index in [-0.39, 0.29) is 25.6 Å². The Morgan fingerprint density at radius 1 is 0.778 bits per heavy atom. The molecule has 1 saturated heterocycles. The van der Waals surface area contributed by atoms with Crippen LogP contribution in [0.4, 0.5) is 0 Å². The number of quaternary nitrogens is 1. The molecule has 1 aliphatic heterocycles. The van der Waals surface area contributed by atoms with Gasteiger partial charge < -0.3 is 51.5 Å². The maximum atomic E-state index is 10.3. The minimum absolute atomic E-state index is 0. The zero-order chi connectivity index (χ0) is 26.1. The molecular weight excluding hydrogens is 486 g/mol. The van der Waals surface area contributed by atoms with Crippen LogP contribution >= 0.6 is 0 Å². The lowest BCUT2D eigenvalue weighted by molar-refractivity contribution is -0.893. The van der Waals surface area contributed by atoms with Gasteiger partial charge in [0.25, 0.3) is 0 Å².